The molecule has 0 saturated carbocycles. The lowest BCUT2D eigenvalue weighted by atomic mass is 10.3. The maximum Gasteiger partial charge on any atom is 0.224 e. The number of β-lactam (4-membered cyclic amide) rings is 1. The summed E-state index contributed by atoms with van der Waals surface area (Å²) >= 11 is 5.31. The molecule has 0 aromatic rings. The molecule has 0 unspecified atom stereocenters. The summed E-state index contributed by atoms with van der Waals surface area (Å²) in [6.07, 6.45) is 0.488. The van der Waals surface area contributed by atoms with Crippen LogP contribution in [0, 0.1) is 0 Å². The highest BCUT2D eigenvalue weighted by Gasteiger charge is 2.21. The molecular weight excluding hydrogens is 101 g/mol. The zero-order valence-electron chi connectivity index (χ0n) is 3.07. The van der Waals surface area contributed by atoms with Crippen molar-refractivity contribution in [2.45, 2.75) is 11.9 Å². The minimum absolute atomic E-state index is 0.0509. The van der Waals surface area contributed by atoms with E-state index in [1.807, 2.05) is 0 Å². The SMILES string of the molecule is O=C1C[C@@H](Cl)N1. The Balaban J connectivity index is 2.28. The van der Waals surface area contributed by atoms with E-state index in [0.717, 1.165) is 0 Å². The number of carbonyl (C=O) groups is 1. The number of hydrogen-bond acceptors (Lipinski definition) is 1. The van der Waals surface area contributed by atoms with Crippen LogP contribution >= 0.6 is 11.6 Å². The smallest absolute Gasteiger partial charge is 0.224 e. The summed E-state index contributed by atoms with van der Waals surface area (Å²) < 4.78 is 0. The second-order valence-corrected chi connectivity index (χ2v) is 1.77. The van der Waals surface area contributed by atoms with Crippen molar-refractivity contribution in [3.8, 4) is 0 Å². The number of rotatable bonds is 0. The van der Waals surface area contributed by atoms with E-state index < -0.39 is 0 Å². The van der Waals surface area contributed by atoms with Crippen LogP contribution in [0.4, 0.5) is 0 Å². The Morgan fingerprint density at radius 1 is 2.00 bits per heavy atom. The first kappa shape index (κ1) is 3.93. The van der Waals surface area contributed by atoms with Crippen molar-refractivity contribution in [1.29, 1.82) is 0 Å². The molecule has 1 atom stereocenters. The van der Waals surface area contributed by atoms with Crippen LogP contribution in [0.1, 0.15) is 6.42 Å². The second kappa shape index (κ2) is 1.12. The minimum Gasteiger partial charge on any atom is -0.339 e. The summed E-state index contributed by atoms with van der Waals surface area (Å²) in [4.78, 5) is 9.91. The van der Waals surface area contributed by atoms with Crippen molar-refractivity contribution in [3.05, 3.63) is 0 Å². The summed E-state index contributed by atoms with van der Waals surface area (Å²) in [5.74, 6) is 0.0509. The van der Waals surface area contributed by atoms with Gasteiger partial charge < -0.3 is 5.32 Å². The van der Waals surface area contributed by atoms with Crippen molar-refractivity contribution in [2.75, 3.05) is 0 Å². The van der Waals surface area contributed by atoms with Gasteiger partial charge in [0.1, 0.15) is 5.50 Å². The van der Waals surface area contributed by atoms with E-state index >= 15 is 0 Å². The van der Waals surface area contributed by atoms with Gasteiger partial charge in [0.2, 0.25) is 5.91 Å². The van der Waals surface area contributed by atoms with Gasteiger partial charge in [-0.15, -0.1) is 0 Å². The molecule has 1 saturated heterocycles. The molecule has 1 aliphatic rings. The predicted molar refractivity (Wildman–Crippen MR) is 22.4 cm³/mol. The van der Waals surface area contributed by atoms with Gasteiger partial charge in [-0.1, -0.05) is 11.6 Å². The molecule has 1 fully saturated rings. The Morgan fingerprint density at radius 3 is 2.50 bits per heavy atom. The standard InChI is InChI=1S/C3H4ClNO/c4-2-1-3(6)5-2/h2H,1H2,(H,5,6)/t2-/m0/s1. The van der Waals surface area contributed by atoms with Crippen LogP contribution in [0.15, 0.2) is 0 Å². The third kappa shape index (κ3) is 0.476. The van der Waals surface area contributed by atoms with E-state index in [4.69, 9.17) is 11.6 Å². The van der Waals surface area contributed by atoms with Gasteiger partial charge >= 0.3 is 0 Å². The molecule has 2 nitrogen and oxygen atoms in total. The fourth-order valence-electron chi connectivity index (χ4n) is 0.316. The van der Waals surface area contributed by atoms with Crippen molar-refractivity contribution < 1.29 is 4.79 Å². The Hall–Kier alpha value is -0.240. The summed E-state index contributed by atoms with van der Waals surface area (Å²) in [6.45, 7) is 0. The van der Waals surface area contributed by atoms with E-state index in [9.17, 15) is 4.79 Å². The Kier molecular flexibility index (Phi) is 0.733. The molecular formula is C3H4ClNO. The average molecular weight is 106 g/mol. The Labute approximate surface area is 40.5 Å². The zero-order chi connectivity index (χ0) is 4.57. The van der Waals surface area contributed by atoms with Crippen LogP contribution in [0.3, 0.4) is 0 Å². The van der Waals surface area contributed by atoms with Crippen LogP contribution in [0.2, 0.25) is 0 Å². The van der Waals surface area contributed by atoms with Crippen LogP contribution in [0.25, 0.3) is 0 Å². The predicted octanol–water partition coefficient (Wildman–Crippen LogP) is 0.0712. The van der Waals surface area contributed by atoms with E-state index in [1.54, 1.807) is 0 Å². The normalized spacial score (nSPS) is 31.5. The third-order valence-corrected chi connectivity index (χ3v) is 0.946. The fraction of sp³-hybridized carbons (Fsp3) is 0.667. The summed E-state index contributed by atoms with van der Waals surface area (Å²) in [5.41, 5.74) is -0.0856. The molecule has 3 heteroatoms. The molecule has 0 aliphatic carbocycles. The van der Waals surface area contributed by atoms with Gasteiger partial charge in [-0.05, 0) is 0 Å². The molecule has 0 aromatic carbocycles. The lowest BCUT2D eigenvalue weighted by Gasteiger charge is -2.19. The van der Waals surface area contributed by atoms with Gasteiger partial charge in [-0.25, -0.2) is 0 Å². The summed E-state index contributed by atoms with van der Waals surface area (Å²) in [5, 5.41) is 2.43. The average Bonchev–Trinajstić information content (AvgIpc) is 1.33. The molecule has 1 heterocycles. The highest BCUT2D eigenvalue weighted by Crippen LogP contribution is 2.06. The number of hydrogen-bond donors (Lipinski definition) is 1. The first-order chi connectivity index (χ1) is 2.79. The lowest BCUT2D eigenvalue weighted by Crippen LogP contribution is -2.44. The highest BCUT2D eigenvalue weighted by atomic mass is 35.5. The quantitative estimate of drug-likeness (QED) is 0.264. The highest BCUT2D eigenvalue weighted by molar-refractivity contribution is 6.24. The lowest BCUT2D eigenvalue weighted by molar-refractivity contribution is -0.126. The number of nitrogens with one attached hydrogen (secondary N) is 1. The van der Waals surface area contributed by atoms with Gasteiger partial charge in [0, 0.05) is 0 Å². The van der Waals surface area contributed by atoms with E-state index in [-0.39, 0.29) is 11.4 Å². The maximum absolute atomic E-state index is 9.91. The van der Waals surface area contributed by atoms with Crippen LogP contribution in [-0.4, -0.2) is 11.4 Å². The number of amides is 1. The summed E-state index contributed by atoms with van der Waals surface area (Å²) in [7, 11) is 0. The minimum atomic E-state index is -0.0856. The molecule has 0 radical (unpaired) electrons. The summed E-state index contributed by atoms with van der Waals surface area (Å²) in [6, 6.07) is 0. The van der Waals surface area contributed by atoms with Gasteiger partial charge in [-0.2, -0.15) is 0 Å². The Morgan fingerprint density at radius 2 is 2.50 bits per heavy atom. The monoisotopic (exact) mass is 105 g/mol. The van der Waals surface area contributed by atoms with Gasteiger partial charge in [-0.3, -0.25) is 4.79 Å². The molecule has 6 heavy (non-hydrogen) atoms. The first-order valence-electron chi connectivity index (χ1n) is 1.72. The van der Waals surface area contributed by atoms with Crippen molar-refractivity contribution in [1.82, 2.24) is 5.32 Å². The van der Waals surface area contributed by atoms with Crippen LogP contribution < -0.4 is 5.32 Å². The van der Waals surface area contributed by atoms with Crippen LogP contribution in [0.5, 0.6) is 0 Å². The van der Waals surface area contributed by atoms with Crippen molar-refractivity contribution in [2.24, 2.45) is 0 Å². The zero-order valence-corrected chi connectivity index (χ0v) is 3.83. The van der Waals surface area contributed by atoms with Gasteiger partial charge in [0.05, 0.1) is 6.42 Å². The van der Waals surface area contributed by atoms with Crippen LogP contribution in [-0.2, 0) is 4.79 Å². The number of alkyl halides is 1. The maximum atomic E-state index is 9.91. The molecule has 1 N–H and O–H groups in total. The third-order valence-electron chi connectivity index (χ3n) is 0.682. The topological polar surface area (TPSA) is 29.1 Å². The molecule has 1 rings (SSSR count). The van der Waals surface area contributed by atoms with E-state index in [1.165, 1.54) is 0 Å². The largest absolute Gasteiger partial charge is 0.339 e. The molecule has 34 valence electrons. The molecule has 0 bridgehead atoms. The van der Waals surface area contributed by atoms with Crippen molar-refractivity contribution in [3.63, 3.8) is 0 Å². The van der Waals surface area contributed by atoms with E-state index in [2.05, 4.69) is 5.32 Å². The van der Waals surface area contributed by atoms with E-state index in [0.29, 0.717) is 6.42 Å². The molecule has 0 aromatic heterocycles. The fourth-order valence-corrected chi connectivity index (χ4v) is 0.578. The first-order valence-corrected chi connectivity index (χ1v) is 2.16. The van der Waals surface area contributed by atoms with Gasteiger partial charge in [0.15, 0.2) is 0 Å². The number of halogens is 1. The molecule has 1 aliphatic heterocycles. The molecule has 1 amide bonds. The van der Waals surface area contributed by atoms with Crippen molar-refractivity contribution >= 4 is 17.5 Å². The Bertz CT molecular complexity index is 74.9. The molecule has 0 spiro atoms. The van der Waals surface area contributed by atoms with Gasteiger partial charge in [0.25, 0.3) is 0 Å². The number of carbonyl (C=O) groups excluding carboxylic acids is 1. The second-order valence-electron chi connectivity index (χ2n) is 1.24.